The maximum absolute atomic E-state index is 5.78. The third kappa shape index (κ3) is 3.74. The summed E-state index contributed by atoms with van der Waals surface area (Å²) >= 11 is 0. The molecule has 1 aromatic carbocycles. The van der Waals surface area contributed by atoms with Crippen LogP contribution in [0.15, 0.2) is 18.2 Å². The summed E-state index contributed by atoms with van der Waals surface area (Å²) in [4.78, 5) is 7.43. The van der Waals surface area contributed by atoms with Gasteiger partial charge in [0.05, 0.1) is 31.7 Å². The van der Waals surface area contributed by atoms with Gasteiger partial charge < -0.3 is 14.4 Å². The summed E-state index contributed by atoms with van der Waals surface area (Å²) in [5.41, 5.74) is 7.50. The molecule has 30 heavy (non-hydrogen) atoms. The SMILES string of the molecule is CCCCN(CC)c1c2c(nc3c(-c4ccc(OC)cc4C)c(C)nn13)COC2.Cl. The zero-order chi connectivity index (χ0) is 20.5. The minimum atomic E-state index is 0. The molecule has 0 radical (unpaired) electrons. The van der Waals surface area contributed by atoms with Crippen LogP contribution in [0.2, 0.25) is 0 Å². The molecule has 0 unspecified atom stereocenters. The molecule has 0 N–H and O–H groups in total. The van der Waals surface area contributed by atoms with Crippen molar-refractivity contribution in [2.75, 3.05) is 25.1 Å². The molecule has 7 heteroatoms. The van der Waals surface area contributed by atoms with E-state index < -0.39 is 0 Å². The molecule has 0 saturated heterocycles. The van der Waals surface area contributed by atoms with E-state index in [0.717, 1.165) is 71.2 Å². The first-order valence-corrected chi connectivity index (χ1v) is 10.5. The van der Waals surface area contributed by atoms with E-state index in [1.165, 1.54) is 5.56 Å². The fourth-order valence-electron chi connectivity index (χ4n) is 4.18. The largest absolute Gasteiger partial charge is 0.497 e. The predicted octanol–water partition coefficient (Wildman–Crippen LogP) is 5.10. The Bertz CT molecular complexity index is 1050. The van der Waals surface area contributed by atoms with E-state index in [4.69, 9.17) is 19.6 Å². The number of unbranched alkanes of at least 4 members (excludes halogenated alkanes) is 1. The molecular formula is C23H31ClN4O2. The molecule has 0 spiro atoms. The molecule has 0 saturated carbocycles. The quantitative estimate of drug-likeness (QED) is 0.522. The van der Waals surface area contributed by atoms with E-state index in [2.05, 4.69) is 44.7 Å². The van der Waals surface area contributed by atoms with Gasteiger partial charge in [-0.3, -0.25) is 0 Å². The second-order valence-corrected chi connectivity index (χ2v) is 7.66. The molecule has 2 aromatic heterocycles. The topological polar surface area (TPSA) is 51.9 Å². The summed E-state index contributed by atoms with van der Waals surface area (Å²) in [5.74, 6) is 2.00. The van der Waals surface area contributed by atoms with Gasteiger partial charge in [0.2, 0.25) is 0 Å². The number of fused-ring (bicyclic) bond motifs is 2. The number of ether oxygens (including phenoxy) is 2. The van der Waals surface area contributed by atoms with Crippen molar-refractivity contribution in [1.29, 1.82) is 0 Å². The van der Waals surface area contributed by atoms with Crippen LogP contribution in [-0.4, -0.2) is 34.8 Å². The summed E-state index contributed by atoms with van der Waals surface area (Å²) in [7, 11) is 1.70. The van der Waals surface area contributed by atoms with Gasteiger partial charge in [0.25, 0.3) is 0 Å². The van der Waals surface area contributed by atoms with Gasteiger partial charge in [-0.2, -0.15) is 9.61 Å². The van der Waals surface area contributed by atoms with Crippen molar-refractivity contribution in [2.45, 2.75) is 53.8 Å². The van der Waals surface area contributed by atoms with E-state index in [0.29, 0.717) is 13.2 Å². The summed E-state index contributed by atoms with van der Waals surface area (Å²) in [6.07, 6.45) is 2.32. The number of hydrogen-bond acceptors (Lipinski definition) is 5. The van der Waals surface area contributed by atoms with Gasteiger partial charge in [-0.25, -0.2) is 4.98 Å². The lowest BCUT2D eigenvalue weighted by Crippen LogP contribution is -2.28. The Morgan fingerprint density at radius 1 is 1.20 bits per heavy atom. The lowest BCUT2D eigenvalue weighted by Gasteiger charge is -2.25. The van der Waals surface area contributed by atoms with Crippen LogP contribution in [-0.2, 0) is 18.0 Å². The number of rotatable bonds is 7. The molecule has 0 fully saturated rings. The van der Waals surface area contributed by atoms with Gasteiger partial charge in [-0.1, -0.05) is 19.4 Å². The van der Waals surface area contributed by atoms with Gasteiger partial charge >= 0.3 is 0 Å². The van der Waals surface area contributed by atoms with E-state index in [9.17, 15) is 0 Å². The van der Waals surface area contributed by atoms with Crippen LogP contribution in [0.5, 0.6) is 5.75 Å². The van der Waals surface area contributed by atoms with Crippen molar-refractivity contribution < 1.29 is 9.47 Å². The highest BCUT2D eigenvalue weighted by atomic mass is 35.5. The molecule has 6 nitrogen and oxygen atoms in total. The van der Waals surface area contributed by atoms with E-state index in [1.54, 1.807) is 7.11 Å². The van der Waals surface area contributed by atoms with Gasteiger partial charge in [-0.05, 0) is 50.5 Å². The molecule has 162 valence electrons. The maximum Gasteiger partial charge on any atom is 0.165 e. The summed E-state index contributed by atoms with van der Waals surface area (Å²) in [6, 6.07) is 6.18. The molecule has 0 bridgehead atoms. The van der Waals surface area contributed by atoms with Gasteiger partial charge in [0.15, 0.2) is 5.65 Å². The first-order chi connectivity index (χ1) is 14.1. The van der Waals surface area contributed by atoms with Gasteiger partial charge in [0, 0.05) is 24.2 Å². The Labute approximate surface area is 184 Å². The molecule has 0 amide bonds. The van der Waals surface area contributed by atoms with E-state index in [1.807, 2.05) is 10.6 Å². The highest BCUT2D eigenvalue weighted by Gasteiger charge is 2.27. The van der Waals surface area contributed by atoms with Crippen LogP contribution < -0.4 is 9.64 Å². The number of hydrogen-bond donors (Lipinski definition) is 0. The van der Waals surface area contributed by atoms with Crippen LogP contribution in [0.1, 0.15) is 49.2 Å². The van der Waals surface area contributed by atoms with Crippen molar-refractivity contribution in [3.8, 4) is 16.9 Å². The smallest absolute Gasteiger partial charge is 0.165 e. The van der Waals surface area contributed by atoms with Gasteiger partial charge in [-0.15, -0.1) is 12.4 Å². The second-order valence-electron chi connectivity index (χ2n) is 7.66. The molecule has 0 atom stereocenters. The number of halogens is 1. The number of benzene rings is 1. The van der Waals surface area contributed by atoms with Crippen molar-refractivity contribution in [1.82, 2.24) is 14.6 Å². The fourth-order valence-corrected chi connectivity index (χ4v) is 4.18. The van der Waals surface area contributed by atoms with E-state index in [-0.39, 0.29) is 12.4 Å². The monoisotopic (exact) mass is 430 g/mol. The number of nitrogens with zero attached hydrogens (tertiary/aromatic N) is 4. The van der Waals surface area contributed by atoms with Crippen LogP contribution >= 0.6 is 12.4 Å². The Morgan fingerprint density at radius 3 is 2.67 bits per heavy atom. The summed E-state index contributed by atoms with van der Waals surface area (Å²) < 4.78 is 13.2. The third-order valence-corrected chi connectivity index (χ3v) is 5.75. The Balaban J connectivity index is 0.00000256. The zero-order valence-corrected chi connectivity index (χ0v) is 19.3. The average molecular weight is 431 g/mol. The Kier molecular flexibility index (Phi) is 6.88. The molecule has 1 aliphatic rings. The Morgan fingerprint density at radius 2 is 2.00 bits per heavy atom. The Hall–Kier alpha value is -2.31. The molecule has 4 rings (SSSR count). The van der Waals surface area contributed by atoms with E-state index >= 15 is 0 Å². The molecule has 0 aliphatic carbocycles. The summed E-state index contributed by atoms with van der Waals surface area (Å²) in [6.45, 7) is 11.7. The van der Waals surface area contributed by atoms with Crippen LogP contribution in [0, 0.1) is 13.8 Å². The number of aromatic nitrogens is 3. The predicted molar refractivity (Wildman–Crippen MR) is 123 cm³/mol. The van der Waals surface area contributed by atoms with Crippen molar-refractivity contribution in [3.63, 3.8) is 0 Å². The molecule has 3 heterocycles. The number of anilines is 1. The van der Waals surface area contributed by atoms with Crippen molar-refractivity contribution in [3.05, 3.63) is 40.7 Å². The molecule has 1 aliphatic heterocycles. The highest BCUT2D eigenvalue weighted by molar-refractivity contribution is 5.85. The third-order valence-electron chi connectivity index (χ3n) is 5.75. The molecule has 3 aromatic rings. The van der Waals surface area contributed by atoms with Crippen LogP contribution in [0.3, 0.4) is 0 Å². The zero-order valence-electron chi connectivity index (χ0n) is 18.5. The molecular weight excluding hydrogens is 400 g/mol. The first-order valence-electron chi connectivity index (χ1n) is 10.5. The normalized spacial score (nSPS) is 12.7. The highest BCUT2D eigenvalue weighted by Crippen LogP contribution is 2.37. The first kappa shape index (κ1) is 22.4. The lowest BCUT2D eigenvalue weighted by molar-refractivity contribution is 0.133. The van der Waals surface area contributed by atoms with Gasteiger partial charge in [0.1, 0.15) is 11.6 Å². The van der Waals surface area contributed by atoms with Crippen LogP contribution in [0.4, 0.5) is 5.82 Å². The second kappa shape index (κ2) is 9.23. The number of methoxy groups -OCH3 is 1. The minimum Gasteiger partial charge on any atom is -0.497 e. The van der Waals surface area contributed by atoms with Crippen molar-refractivity contribution >= 4 is 23.9 Å². The standard InChI is InChI=1S/C23H30N4O2.ClH/c1-6-8-11-26(7-2)23-19-13-29-14-20(19)24-22-21(16(4)25-27(22)23)18-10-9-17(28-5)12-15(18)3;/h9-10,12H,6-8,11,13-14H2,1-5H3;1H. The number of aryl methyl sites for hydroxylation is 2. The fraction of sp³-hybridized carbons (Fsp3) is 0.478. The minimum absolute atomic E-state index is 0. The van der Waals surface area contributed by atoms with Crippen LogP contribution in [0.25, 0.3) is 16.8 Å². The van der Waals surface area contributed by atoms with Crippen molar-refractivity contribution in [2.24, 2.45) is 0 Å². The summed E-state index contributed by atoms with van der Waals surface area (Å²) in [5, 5.41) is 4.95. The maximum atomic E-state index is 5.78. The lowest BCUT2D eigenvalue weighted by atomic mass is 10.0. The average Bonchev–Trinajstić information content (AvgIpc) is 3.31.